The van der Waals surface area contributed by atoms with Crippen molar-refractivity contribution in [1.29, 1.82) is 0 Å². The van der Waals surface area contributed by atoms with E-state index in [9.17, 15) is 0 Å². The molecule has 0 unspecified atom stereocenters. The Labute approximate surface area is 50.3 Å². The smallest absolute Gasteiger partial charge is 0.0612 e. The summed E-state index contributed by atoms with van der Waals surface area (Å²) in [6, 6.07) is 0. The van der Waals surface area contributed by atoms with Gasteiger partial charge in [0.25, 0.3) is 0 Å². The van der Waals surface area contributed by atoms with E-state index in [1.165, 1.54) is 0 Å². The SMILES string of the molecule is CC=CCC=CCO. The van der Waals surface area contributed by atoms with E-state index in [4.69, 9.17) is 5.11 Å². The topological polar surface area (TPSA) is 20.2 Å². The lowest BCUT2D eigenvalue weighted by atomic mass is 10.3. The average molecular weight is 112 g/mol. The number of allylic oxidation sites excluding steroid dienone is 3. The predicted octanol–water partition coefficient (Wildman–Crippen LogP) is 1.50. The second-order valence-corrected chi connectivity index (χ2v) is 1.46. The van der Waals surface area contributed by atoms with Gasteiger partial charge in [0.15, 0.2) is 0 Å². The Hall–Kier alpha value is -0.560. The van der Waals surface area contributed by atoms with E-state index in [0.29, 0.717) is 0 Å². The molecule has 0 bridgehead atoms. The molecule has 1 N–H and O–H groups in total. The van der Waals surface area contributed by atoms with Crippen molar-refractivity contribution < 1.29 is 5.11 Å². The van der Waals surface area contributed by atoms with Gasteiger partial charge in [0.2, 0.25) is 0 Å². The minimum absolute atomic E-state index is 0.150. The summed E-state index contributed by atoms with van der Waals surface area (Å²) in [5.74, 6) is 0. The fraction of sp³-hybridized carbons (Fsp3) is 0.429. The van der Waals surface area contributed by atoms with E-state index in [1.54, 1.807) is 6.08 Å². The van der Waals surface area contributed by atoms with Crippen LogP contribution in [0, 0.1) is 0 Å². The molecular weight excluding hydrogens is 100 g/mol. The molecule has 0 radical (unpaired) electrons. The van der Waals surface area contributed by atoms with E-state index in [1.807, 2.05) is 25.2 Å². The molecule has 0 amide bonds. The number of hydrogen-bond donors (Lipinski definition) is 1. The van der Waals surface area contributed by atoms with Crippen molar-refractivity contribution in [3.05, 3.63) is 24.3 Å². The van der Waals surface area contributed by atoms with Crippen molar-refractivity contribution in [2.75, 3.05) is 6.61 Å². The van der Waals surface area contributed by atoms with Gasteiger partial charge >= 0.3 is 0 Å². The van der Waals surface area contributed by atoms with Crippen LogP contribution in [0.25, 0.3) is 0 Å². The van der Waals surface area contributed by atoms with E-state index < -0.39 is 0 Å². The molecule has 0 aromatic heterocycles. The molecule has 1 nitrogen and oxygen atoms in total. The highest BCUT2D eigenvalue weighted by Crippen LogP contribution is 1.83. The zero-order chi connectivity index (χ0) is 6.24. The van der Waals surface area contributed by atoms with Gasteiger partial charge in [-0.15, -0.1) is 0 Å². The van der Waals surface area contributed by atoms with Crippen molar-refractivity contribution >= 4 is 0 Å². The highest BCUT2D eigenvalue weighted by molar-refractivity contribution is 4.90. The molecule has 0 heterocycles. The van der Waals surface area contributed by atoms with Crippen molar-refractivity contribution in [3.63, 3.8) is 0 Å². The first-order valence-electron chi connectivity index (χ1n) is 2.78. The fourth-order valence-electron chi connectivity index (χ4n) is 0.385. The molecule has 8 heavy (non-hydrogen) atoms. The summed E-state index contributed by atoms with van der Waals surface area (Å²) in [5, 5.41) is 8.25. The van der Waals surface area contributed by atoms with Crippen molar-refractivity contribution in [2.24, 2.45) is 0 Å². The van der Waals surface area contributed by atoms with Crippen LogP contribution in [0.3, 0.4) is 0 Å². The van der Waals surface area contributed by atoms with Gasteiger partial charge in [0, 0.05) is 0 Å². The summed E-state index contributed by atoms with van der Waals surface area (Å²) in [4.78, 5) is 0. The maximum atomic E-state index is 8.25. The van der Waals surface area contributed by atoms with E-state index in [2.05, 4.69) is 0 Å². The van der Waals surface area contributed by atoms with E-state index >= 15 is 0 Å². The molecule has 0 fully saturated rings. The van der Waals surface area contributed by atoms with Crippen molar-refractivity contribution in [3.8, 4) is 0 Å². The lowest BCUT2D eigenvalue weighted by Crippen LogP contribution is -1.68. The molecule has 0 aromatic carbocycles. The first-order valence-corrected chi connectivity index (χ1v) is 2.78. The normalized spacial score (nSPS) is 11.8. The fourth-order valence-corrected chi connectivity index (χ4v) is 0.385. The van der Waals surface area contributed by atoms with Crippen LogP contribution in [0.1, 0.15) is 13.3 Å². The van der Waals surface area contributed by atoms with Gasteiger partial charge in [-0.2, -0.15) is 0 Å². The summed E-state index contributed by atoms with van der Waals surface area (Å²) >= 11 is 0. The highest BCUT2D eigenvalue weighted by atomic mass is 16.2. The summed E-state index contributed by atoms with van der Waals surface area (Å²) in [7, 11) is 0. The van der Waals surface area contributed by atoms with Gasteiger partial charge in [-0.1, -0.05) is 24.3 Å². The van der Waals surface area contributed by atoms with Crippen LogP contribution in [0.4, 0.5) is 0 Å². The van der Waals surface area contributed by atoms with Crippen LogP contribution < -0.4 is 0 Å². The average Bonchev–Trinajstić information content (AvgIpc) is 1.81. The number of aliphatic hydroxyl groups is 1. The molecule has 0 rings (SSSR count). The van der Waals surface area contributed by atoms with Crippen LogP contribution in [0.15, 0.2) is 24.3 Å². The van der Waals surface area contributed by atoms with Crippen LogP contribution in [-0.2, 0) is 0 Å². The summed E-state index contributed by atoms with van der Waals surface area (Å²) < 4.78 is 0. The first-order chi connectivity index (χ1) is 3.91. The Bertz CT molecular complexity index is 82.4. The largest absolute Gasteiger partial charge is 0.392 e. The summed E-state index contributed by atoms with van der Waals surface area (Å²) in [6.07, 6.45) is 8.62. The van der Waals surface area contributed by atoms with Gasteiger partial charge < -0.3 is 5.11 Å². The first kappa shape index (κ1) is 7.44. The Balaban J connectivity index is 3.03. The molecule has 0 aromatic rings. The third-order valence-electron chi connectivity index (χ3n) is 0.780. The summed E-state index contributed by atoms with van der Waals surface area (Å²) in [6.45, 7) is 2.13. The third-order valence-corrected chi connectivity index (χ3v) is 0.780. The molecule has 0 spiro atoms. The summed E-state index contributed by atoms with van der Waals surface area (Å²) in [5.41, 5.74) is 0. The monoisotopic (exact) mass is 112 g/mol. The quantitative estimate of drug-likeness (QED) is 0.548. The van der Waals surface area contributed by atoms with Gasteiger partial charge in [0.1, 0.15) is 0 Å². The Morgan fingerprint density at radius 1 is 1.25 bits per heavy atom. The molecule has 46 valence electrons. The predicted molar refractivity (Wildman–Crippen MR) is 35.7 cm³/mol. The van der Waals surface area contributed by atoms with Crippen LogP contribution in [-0.4, -0.2) is 11.7 Å². The van der Waals surface area contributed by atoms with Gasteiger partial charge in [0.05, 0.1) is 6.61 Å². The number of rotatable bonds is 3. The third kappa shape index (κ3) is 5.44. The highest BCUT2D eigenvalue weighted by Gasteiger charge is 1.65. The molecule has 1 heteroatoms. The second kappa shape index (κ2) is 6.44. The Kier molecular flexibility index (Phi) is 5.99. The molecule has 0 aliphatic rings. The lowest BCUT2D eigenvalue weighted by Gasteiger charge is -1.77. The molecular formula is C7H12O. The van der Waals surface area contributed by atoms with E-state index in [-0.39, 0.29) is 6.61 Å². The van der Waals surface area contributed by atoms with Gasteiger partial charge in [-0.3, -0.25) is 0 Å². The van der Waals surface area contributed by atoms with Crippen LogP contribution >= 0.6 is 0 Å². The molecule has 0 atom stereocenters. The zero-order valence-electron chi connectivity index (χ0n) is 5.17. The zero-order valence-corrected chi connectivity index (χ0v) is 5.17. The van der Waals surface area contributed by atoms with Gasteiger partial charge in [-0.25, -0.2) is 0 Å². The molecule has 0 saturated heterocycles. The molecule has 0 aliphatic carbocycles. The van der Waals surface area contributed by atoms with Crippen molar-refractivity contribution in [1.82, 2.24) is 0 Å². The van der Waals surface area contributed by atoms with E-state index in [0.717, 1.165) is 6.42 Å². The van der Waals surface area contributed by atoms with Crippen LogP contribution in [0.5, 0.6) is 0 Å². The Morgan fingerprint density at radius 2 is 2.00 bits per heavy atom. The number of hydrogen-bond acceptors (Lipinski definition) is 1. The molecule has 0 aliphatic heterocycles. The maximum Gasteiger partial charge on any atom is 0.0612 e. The minimum Gasteiger partial charge on any atom is -0.392 e. The van der Waals surface area contributed by atoms with Crippen LogP contribution in [0.2, 0.25) is 0 Å². The number of aliphatic hydroxyl groups excluding tert-OH is 1. The lowest BCUT2D eigenvalue weighted by molar-refractivity contribution is 0.342. The second-order valence-electron chi connectivity index (χ2n) is 1.46. The Morgan fingerprint density at radius 3 is 2.50 bits per heavy atom. The maximum absolute atomic E-state index is 8.25. The van der Waals surface area contributed by atoms with Gasteiger partial charge in [-0.05, 0) is 13.3 Å². The minimum atomic E-state index is 0.150. The van der Waals surface area contributed by atoms with Crippen molar-refractivity contribution in [2.45, 2.75) is 13.3 Å². The standard InChI is InChI=1S/C7H12O/c1-2-3-4-5-6-7-8/h2-3,5-6,8H,4,7H2,1H3. The molecule has 0 saturated carbocycles.